The van der Waals surface area contributed by atoms with Crippen molar-refractivity contribution in [3.8, 4) is 5.69 Å². The van der Waals surface area contributed by atoms with E-state index in [2.05, 4.69) is 5.10 Å². The summed E-state index contributed by atoms with van der Waals surface area (Å²) in [4.78, 5) is 9.61. The Balaban J connectivity index is 2.82. The second kappa shape index (κ2) is 6.56. The molecule has 0 spiro atoms. The Morgan fingerprint density at radius 2 is 1.56 bits per heavy atom. The number of hydrogen-bond acceptors (Lipinski definition) is 4. The average molecular weight is 457 g/mol. The zero-order valence-corrected chi connectivity index (χ0v) is 14.6. The van der Waals surface area contributed by atoms with Gasteiger partial charge in [0.25, 0.3) is 9.84 Å². The summed E-state index contributed by atoms with van der Waals surface area (Å²) in [5, 5.41) is 10.7. The highest BCUT2D eigenvalue weighted by atomic mass is 35.5. The molecule has 0 aliphatic heterocycles. The van der Waals surface area contributed by atoms with Gasteiger partial charge in [0.1, 0.15) is 10.6 Å². The molecule has 15 heteroatoms. The first-order valence-corrected chi connectivity index (χ1v) is 8.52. The lowest BCUT2D eigenvalue weighted by molar-refractivity contribution is -0.137. The van der Waals surface area contributed by atoms with Crippen molar-refractivity contribution >= 4 is 39.0 Å². The molecule has 0 unspecified atom stereocenters. The van der Waals surface area contributed by atoms with Crippen molar-refractivity contribution in [1.82, 2.24) is 9.78 Å². The number of nitrogens with zero attached hydrogens (tertiary/aromatic N) is 2. The molecule has 1 N–H and O–H groups in total. The van der Waals surface area contributed by atoms with E-state index in [1.165, 1.54) is 0 Å². The third kappa shape index (κ3) is 3.71. The zero-order chi connectivity index (χ0) is 20.9. The molecule has 1 heterocycles. The third-order valence-corrected chi connectivity index (χ3v) is 5.15. The molecule has 1 aromatic carbocycles. The van der Waals surface area contributed by atoms with E-state index in [0.717, 1.165) is 0 Å². The van der Waals surface area contributed by atoms with Gasteiger partial charge in [-0.15, -0.1) is 0 Å². The predicted octanol–water partition coefficient (Wildman–Crippen LogP) is 4.19. The largest absolute Gasteiger partial charge is 0.502 e. The number of alkyl halides is 6. The summed E-state index contributed by atoms with van der Waals surface area (Å²) in [6.07, 6.45) is -4.80. The van der Waals surface area contributed by atoms with Crippen LogP contribution in [0.25, 0.3) is 5.69 Å². The van der Waals surface area contributed by atoms with Crippen LogP contribution in [0.3, 0.4) is 0 Å². The molecule has 0 bridgehead atoms. The molecule has 148 valence electrons. The fraction of sp³-hybridized carbons (Fsp3) is 0.167. The maximum Gasteiger partial charge on any atom is 0.502 e. The molecule has 0 amide bonds. The Hall–Kier alpha value is -1.99. The maximum absolute atomic E-state index is 12.7. The highest BCUT2D eigenvalue weighted by Gasteiger charge is 2.50. The van der Waals surface area contributed by atoms with Gasteiger partial charge in [-0.2, -0.15) is 31.4 Å². The first-order valence-electron chi connectivity index (χ1n) is 6.28. The van der Waals surface area contributed by atoms with Gasteiger partial charge in [0.2, 0.25) is 0 Å². The Labute approximate surface area is 155 Å². The average Bonchev–Trinajstić information content (AvgIpc) is 2.89. The SMILES string of the molecule is O=C(O)c1c(S(=O)(=O)C(F)(F)F)cnn1-c1c(Cl)cc(C(F)(F)F)cc1Cl. The van der Waals surface area contributed by atoms with Crippen LogP contribution in [0.1, 0.15) is 16.1 Å². The normalized spacial score (nSPS) is 13.0. The molecule has 0 aliphatic rings. The summed E-state index contributed by atoms with van der Waals surface area (Å²) in [5.74, 6) is -2.16. The van der Waals surface area contributed by atoms with Gasteiger partial charge in [-0.05, 0) is 12.1 Å². The summed E-state index contributed by atoms with van der Waals surface area (Å²) < 4.78 is 99.5. The van der Waals surface area contributed by atoms with E-state index in [0.29, 0.717) is 12.1 Å². The van der Waals surface area contributed by atoms with Crippen molar-refractivity contribution in [1.29, 1.82) is 0 Å². The van der Waals surface area contributed by atoms with E-state index in [9.17, 15) is 39.6 Å². The van der Waals surface area contributed by atoms with Crippen molar-refractivity contribution in [3.05, 3.63) is 39.6 Å². The highest BCUT2D eigenvalue weighted by Crippen LogP contribution is 2.39. The quantitative estimate of drug-likeness (QED) is 0.699. The Kier molecular flexibility index (Phi) is 5.18. The zero-order valence-electron chi connectivity index (χ0n) is 12.2. The second-order valence-corrected chi connectivity index (χ2v) is 7.53. The standard InChI is InChI=1S/C12H4Cl2F6N2O4S/c13-5-1-4(11(15,16)17)2-6(14)8(5)22-9(10(23)24)7(3-21-22)27(25,26)12(18,19)20/h1-3H,(H,23,24). The van der Waals surface area contributed by atoms with Gasteiger partial charge in [-0.3, -0.25) is 0 Å². The number of carboxylic acid groups (broad SMARTS) is 1. The third-order valence-electron chi connectivity index (χ3n) is 3.09. The molecule has 0 aliphatic carbocycles. The van der Waals surface area contributed by atoms with Crippen LogP contribution in [0.5, 0.6) is 0 Å². The minimum Gasteiger partial charge on any atom is -0.476 e. The van der Waals surface area contributed by atoms with Gasteiger partial charge in [-0.1, -0.05) is 23.2 Å². The smallest absolute Gasteiger partial charge is 0.476 e. The van der Waals surface area contributed by atoms with Crippen molar-refractivity contribution in [2.24, 2.45) is 0 Å². The van der Waals surface area contributed by atoms with Crippen LogP contribution in [0.15, 0.2) is 23.2 Å². The monoisotopic (exact) mass is 456 g/mol. The van der Waals surface area contributed by atoms with E-state index >= 15 is 0 Å². The summed E-state index contributed by atoms with van der Waals surface area (Å²) >= 11 is 11.3. The summed E-state index contributed by atoms with van der Waals surface area (Å²) in [6.45, 7) is 0. The molecule has 27 heavy (non-hydrogen) atoms. The lowest BCUT2D eigenvalue weighted by Crippen LogP contribution is -2.25. The molecule has 2 aromatic rings. The molecule has 6 nitrogen and oxygen atoms in total. The lowest BCUT2D eigenvalue weighted by atomic mass is 10.2. The van der Waals surface area contributed by atoms with E-state index in [-0.39, 0.29) is 10.9 Å². The van der Waals surface area contributed by atoms with Gasteiger partial charge in [0, 0.05) is 0 Å². The first kappa shape index (κ1) is 21.3. The molecular formula is C12H4Cl2F6N2O4S. The molecule has 0 atom stereocenters. The Morgan fingerprint density at radius 3 is 1.93 bits per heavy atom. The van der Waals surface area contributed by atoms with Gasteiger partial charge in [0.15, 0.2) is 5.69 Å². The molecule has 2 rings (SSSR count). The number of halogens is 8. The molecule has 0 saturated carbocycles. The van der Waals surface area contributed by atoms with Crippen LogP contribution in [-0.2, 0) is 16.0 Å². The maximum atomic E-state index is 12.7. The summed E-state index contributed by atoms with van der Waals surface area (Å²) in [5.41, 5.74) is -9.42. The van der Waals surface area contributed by atoms with E-state index < -0.39 is 59.4 Å². The van der Waals surface area contributed by atoms with Crippen LogP contribution in [0, 0.1) is 0 Å². The number of carboxylic acids is 1. The minimum absolute atomic E-state index is 0.0800. The number of carbonyl (C=O) groups is 1. The number of hydrogen-bond donors (Lipinski definition) is 1. The summed E-state index contributed by atoms with van der Waals surface area (Å²) in [7, 11) is -6.13. The van der Waals surface area contributed by atoms with E-state index in [1.54, 1.807) is 0 Å². The highest BCUT2D eigenvalue weighted by molar-refractivity contribution is 7.92. The van der Waals surface area contributed by atoms with Crippen molar-refractivity contribution in [3.63, 3.8) is 0 Å². The second-order valence-electron chi connectivity index (χ2n) is 4.81. The van der Waals surface area contributed by atoms with Gasteiger partial charge in [-0.25, -0.2) is 17.9 Å². The van der Waals surface area contributed by atoms with Crippen LogP contribution >= 0.6 is 23.2 Å². The fourth-order valence-electron chi connectivity index (χ4n) is 1.95. The molecule has 0 radical (unpaired) electrons. The summed E-state index contributed by atoms with van der Waals surface area (Å²) in [6, 6.07) is 0.655. The minimum atomic E-state index is -6.13. The van der Waals surface area contributed by atoms with Crippen LogP contribution in [0.4, 0.5) is 26.3 Å². The van der Waals surface area contributed by atoms with Gasteiger partial charge < -0.3 is 5.11 Å². The Morgan fingerprint density at radius 1 is 1.07 bits per heavy atom. The number of aromatic nitrogens is 2. The van der Waals surface area contributed by atoms with Crippen molar-refractivity contribution < 1.29 is 44.7 Å². The Bertz CT molecular complexity index is 1010. The lowest BCUT2D eigenvalue weighted by Gasteiger charge is -2.14. The first-order chi connectivity index (χ1) is 12.1. The van der Waals surface area contributed by atoms with Gasteiger partial charge >= 0.3 is 17.7 Å². The fourth-order valence-corrected chi connectivity index (χ4v) is 3.46. The number of benzene rings is 1. The van der Waals surface area contributed by atoms with Crippen LogP contribution < -0.4 is 0 Å². The van der Waals surface area contributed by atoms with Crippen molar-refractivity contribution in [2.45, 2.75) is 16.6 Å². The van der Waals surface area contributed by atoms with E-state index in [1.807, 2.05) is 0 Å². The van der Waals surface area contributed by atoms with E-state index in [4.69, 9.17) is 28.3 Å². The van der Waals surface area contributed by atoms with Crippen molar-refractivity contribution in [2.75, 3.05) is 0 Å². The molecule has 1 aromatic heterocycles. The van der Waals surface area contributed by atoms with Gasteiger partial charge in [0.05, 0.1) is 21.8 Å². The molecular weight excluding hydrogens is 453 g/mol. The number of aromatic carboxylic acids is 1. The number of rotatable bonds is 3. The van der Waals surface area contributed by atoms with Crippen LogP contribution in [-0.4, -0.2) is 34.8 Å². The molecule has 0 fully saturated rings. The van der Waals surface area contributed by atoms with Crippen LogP contribution in [0.2, 0.25) is 10.0 Å². The number of sulfone groups is 1. The predicted molar refractivity (Wildman–Crippen MR) is 78.8 cm³/mol. The molecule has 0 saturated heterocycles. The topological polar surface area (TPSA) is 89.3 Å².